The zero-order valence-corrected chi connectivity index (χ0v) is 12.8. The molecule has 1 aromatic carbocycles. The Morgan fingerprint density at radius 3 is 2.39 bits per heavy atom. The SMILES string of the molecule is O=C(c1ccoc1)N1CCCN1C(=O)C1(c2ccccc2)CC1. The third-order valence-electron chi connectivity index (χ3n) is 4.75. The van der Waals surface area contributed by atoms with Crippen LogP contribution in [0.1, 0.15) is 35.2 Å². The molecule has 23 heavy (non-hydrogen) atoms. The van der Waals surface area contributed by atoms with Crippen molar-refractivity contribution in [2.75, 3.05) is 13.1 Å². The van der Waals surface area contributed by atoms with Crippen molar-refractivity contribution in [3.63, 3.8) is 0 Å². The van der Waals surface area contributed by atoms with E-state index < -0.39 is 5.41 Å². The van der Waals surface area contributed by atoms with E-state index in [1.165, 1.54) is 12.5 Å². The fourth-order valence-electron chi connectivity index (χ4n) is 3.32. The minimum Gasteiger partial charge on any atom is -0.472 e. The largest absolute Gasteiger partial charge is 0.472 e. The molecule has 2 fully saturated rings. The summed E-state index contributed by atoms with van der Waals surface area (Å²) in [5.74, 6) is -0.133. The topological polar surface area (TPSA) is 53.8 Å². The quantitative estimate of drug-likeness (QED) is 0.875. The van der Waals surface area contributed by atoms with Crippen molar-refractivity contribution in [1.29, 1.82) is 0 Å². The van der Waals surface area contributed by atoms with Crippen LogP contribution < -0.4 is 0 Å². The Labute approximate surface area is 134 Å². The third kappa shape index (κ3) is 2.23. The van der Waals surface area contributed by atoms with Gasteiger partial charge >= 0.3 is 0 Å². The summed E-state index contributed by atoms with van der Waals surface area (Å²) in [4.78, 5) is 25.7. The fourth-order valence-corrected chi connectivity index (χ4v) is 3.32. The van der Waals surface area contributed by atoms with Gasteiger partial charge in [-0.1, -0.05) is 30.3 Å². The number of rotatable bonds is 3. The van der Waals surface area contributed by atoms with Gasteiger partial charge in [0.25, 0.3) is 11.8 Å². The molecule has 2 amide bonds. The minimum absolute atomic E-state index is 0.0399. The first-order valence-electron chi connectivity index (χ1n) is 7.94. The van der Waals surface area contributed by atoms with Crippen molar-refractivity contribution < 1.29 is 14.0 Å². The predicted octanol–water partition coefficient (Wildman–Crippen LogP) is 2.60. The Balaban J connectivity index is 1.60. The molecule has 1 aromatic heterocycles. The summed E-state index contributed by atoms with van der Waals surface area (Å²) in [5, 5.41) is 3.20. The van der Waals surface area contributed by atoms with Crippen LogP contribution in [0.4, 0.5) is 0 Å². The molecule has 2 aromatic rings. The lowest BCUT2D eigenvalue weighted by atomic mass is 9.95. The minimum atomic E-state index is -0.444. The van der Waals surface area contributed by atoms with Crippen LogP contribution in [0.15, 0.2) is 53.3 Å². The summed E-state index contributed by atoms with van der Waals surface area (Å²) < 4.78 is 4.99. The zero-order chi connectivity index (χ0) is 15.9. The van der Waals surface area contributed by atoms with Gasteiger partial charge in [0.1, 0.15) is 6.26 Å². The van der Waals surface area contributed by atoms with Crippen molar-refractivity contribution in [3.8, 4) is 0 Å². The molecule has 118 valence electrons. The Kier molecular flexibility index (Phi) is 3.22. The van der Waals surface area contributed by atoms with Crippen LogP contribution in [0.5, 0.6) is 0 Å². The highest BCUT2D eigenvalue weighted by molar-refractivity contribution is 5.97. The third-order valence-corrected chi connectivity index (χ3v) is 4.75. The van der Waals surface area contributed by atoms with Gasteiger partial charge in [-0.25, -0.2) is 5.01 Å². The maximum Gasteiger partial charge on any atom is 0.275 e. The van der Waals surface area contributed by atoms with E-state index in [4.69, 9.17) is 4.42 Å². The molecule has 2 aliphatic rings. The van der Waals surface area contributed by atoms with Gasteiger partial charge in [-0.15, -0.1) is 0 Å². The van der Waals surface area contributed by atoms with Crippen molar-refractivity contribution in [1.82, 2.24) is 10.0 Å². The lowest BCUT2D eigenvalue weighted by molar-refractivity contribution is -0.143. The van der Waals surface area contributed by atoms with Gasteiger partial charge in [0.2, 0.25) is 0 Å². The van der Waals surface area contributed by atoms with Crippen LogP contribution in [-0.4, -0.2) is 34.9 Å². The van der Waals surface area contributed by atoms with Crippen molar-refractivity contribution >= 4 is 11.8 Å². The average molecular weight is 310 g/mol. The van der Waals surface area contributed by atoms with E-state index in [0.29, 0.717) is 18.7 Å². The standard InChI is InChI=1S/C18H18N2O3/c21-16(14-7-12-23-13-14)19-10-4-11-20(19)17(22)18(8-9-18)15-5-2-1-3-6-15/h1-3,5-7,12-13H,4,8-11H2. The number of carbonyl (C=O) groups is 2. The van der Waals surface area contributed by atoms with Crippen LogP contribution in [0.25, 0.3) is 0 Å². The van der Waals surface area contributed by atoms with Gasteiger partial charge in [0.15, 0.2) is 0 Å². The predicted molar refractivity (Wildman–Crippen MR) is 83.4 cm³/mol. The molecule has 1 aliphatic carbocycles. The molecular formula is C18H18N2O3. The van der Waals surface area contributed by atoms with Crippen molar-refractivity contribution in [2.24, 2.45) is 0 Å². The summed E-state index contributed by atoms with van der Waals surface area (Å²) in [6, 6.07) is 11.5. The van der Waals surface area contributed by atoms with Gasteiger partial charge in [0.05, 0.1) is 17.2 Å². The van der Waals surface area contributed by atoms with Crippen molar-refractivity contribution in [3.05, 3.63) is 60.1 Å². The van der Waals surface area contributed by atoms with E-state index >= 15 is 0 Å². The van der Waals surface area contributed by atoms with Crippen LogP contribution >= 0.6 is 0 Å². The highest BCUT2D eigenvalue weighted by Crippen LogP contribution is 2.50. The molecule has 0 spiro atoms. The monoisotopic (exact) mass is 310 g/mol. The molecule has 0 bridgehead atoms. The number of benzene rings is 1. The van der Waals surface area contributed by atoms with Gasteiger partial charge < -0.3 is 4.42 Å². The molecule has 1 saturated heterocycles. The van der Waals surface area contributed by atoms with Crippen LogP contribution in [-0.2, 0) is 10.2 Å². The molecule has 5 nitrogen and oxygen atoms in total. The second kappa shape index (κ2) is 5.26. The molecule has 1 aliphatic heterocycles. The highest BCUT2D eigenvalue weighted by atomic mass is 16.3. The molecule has 0 atom stereocenters. The van der Waals surface area contributed by atoms with E-state index in [-0.39, 0.29) is 11.8 Å². The first kappa shape index (κ1) is 14.1. The first-order valence-corrected chi connectivity index (χ1v) is 7.94. The van der Waals surface area contributed by atoms with Crippen LogP contribution in [0, 0.1) is 0 Å². The van der Waals surface area contributed by atoms with E-state index in [0.717, 1.165) is 24.8 Å². The number of hydrazine groups is 1. The summed E-state index contributed by atoms with van der Waals surface area (Å²) >= 11 is 0. The average Bonchev–Trinajstić information content (AvgIpc) is 3.03. The molecular weight excluding hydrogens is 292 g/mol. The lowest BCUT2D eigenvalue weighted by Gasteiger charge is -2.31. The molecule has 5 heteroatoms. The number of hydrogen-bond acceptors (Lipinski definition) is 3. The van der Waals surface area contributed by atoms with E-state index in [9.17, 15) is 9.59 Å². The maximum absolute atomic E-state index is 13.1. The summed E-state index contributed by atoms with van der Waals surface area (Å²) in [5.41, 5.74) is 1.09. The zero-order valence-electron chi connectivity index (χ0n) is 12.8. The van der Waals surface area contributed by atoms with Gasteiger partial charge in [0, 0.05) is 13.1 Å². The highest BCUT2D eigenvalue weighted by Gasteiger charge is 2.54. The van der Waals surface area contributed by atoms with E-state index in [2.05, 4.69) is 0 Å². The van der Waals surface area contributed by atoms with Crippen LogP contribution in [0.3, 0.4) is 0 Å². The first-order chi connectivity index (χ1) is 11.2. The van der Waals surface area contributed by atoms with Gasteiger partial charge in [-0.05, 0) is 30.9 Å². The number of furan rings is 1. The molecule has 1 saturated carbocycles. The number of hydrogen-bond donors (Lipinski definition) is 0. The molecule has 2 heterocycles. The maximum atomic E-state index is 13.1. The summed E-state index contributed by atoms with van der Waals surface area (Å²) in [6.07, 6.45) is 5.40. The normalized spacial score (nSPS) is 19.0. The van der Waals surface area contributed by atoms with Crippen molar-refractivity contribution in [2.45, 2.75) is 24.7 Å². The van der Waals surface area contributed by atoms with Gasteiger partial charge in [-0.2, -0.15) is 0 Å². The number of carbonyl (C=O) groups excluding carboxylic acids is 2. The number of amides is 2. The Bertz CT molecular complexity index is 720. The second-order valence-electron chi connectivity index (χ2n) is 6.17. The Hall–Kier alpha value is -2.56. The van der Waals surface area contributed by atoms with Crippen LogP contribution in [0.2, 0.25) is 0 Å². The number of nitrogens with zero attached hydrogens (tertiary/aromatic N) is 2. The smallest absolute Gasteiger partial charge is 0.275 e. The summed E-state index contributed by atoms with van der Waals surface area (Å²) in [7, 11) is 0. The fraction of sp³-hybridized carbons (Fsp3) is 0.333. The Morgan fingerprint density at radius 1 is 1.00 bits per heavy atom. The molecule has 0 unspecified atom stereocenters. The summed E-state index contributed by atoms with van der Waals surface area (Å²) in [6.45, 7) is 1.16. The van der Waals surface area contributed by atoms with E-state index in [1.54, 1.807) is 16.1 Å². The molecule has 0 N–H and O–H groups in total. The molecule has 4 rings (SSSR count). The second-order valence-corrected chi connectivity index (χ2v) is 6.17. The van der Waals surface area contributed by atoms with E-state index in [1.807, 2.05) is 30.3 Å². The van der Waals surface area contributed by atoms with Gasteiger partial charge in [-0.3, -0.25) is 14.6 Å². The Morgan fingerprint density at radius 2 is 1.74 bits per heavy atom. The lowest BCUT2D eigenvalue weighted by Crippen LogP contribution is -2.48. The molecule has 0 radical (unpaired) electrons.